The minimum atomic E-state index is -1.23. The molecule has 2 amide bonds. The van der Waals surface area contributed by atoms with E-state index in [1.165, 1.54) is 30.9 Å². The number of rotatable bonds is 8. The van der Waals surface area contributed by atoms with Gasteiger partial charge in [-0.15, -0.1) is 11.8 Å². The van der Waals surface area contributed by atoms with Crippen molar-refractivity contribution in [1.29, 1.82) is 0 Å². The number of amides is 2. The molecule has 5 rings (SSSR count). The largest absolute Gasteiger partial charge is 0.479 e. The van der Waals surface area contributed by atoms with Gasteiger partial charge in [-0.05, 0) is 5.10 Å². The summed E-state index contributed by atoms with van der Waals surface area (Å²) in [6.45, 7) is 0.230. The standard InChI is InChI=1S/C20H19N9O6S2/c1-34-10-3-4-11-27(5-6-28(11)24-10)7-9-8-36-18-13(17(31)29(18)14(9)19(32)33)22-16(30)12(25-35-2)15-23-20(21)37-26-15/h3-6,13,18H,7-8H2,1-2H3,(H3-,21,22,23,26,30,32,33)/p+1/b25-12-/t13-,18-/m1/s1. The number of anilines is 1. The van der Waals surface area contributed by atoms with Crippen molar-refractivity contribution < 1.29 is 33.6 Å². The van der Waals surface area contributed by atoms with E-state index in [1.54, 1.807) is 29.0 Å². The molecule has 15 nitrogen and oxygen atoms in total. The first kappa shape index (κ1) is 24.4. The number of nitrogens with one attached hydrogen (secondary N) is 1. The summed E-state index contributed by atoms with van der Waals surface area (Å²) in [7, 11) is 2.77. The molecule has 1 fully saturated rings. The van der Waals surface area contributed by atoms with Gasteiger partial charge in [0.05, 0.1) is 7.11 Å². The number of β-lactam (4-membered cyclic amide) rings is 1. The first-order valence-electron chi connectivity index (χ1n) is 10.7. The summed E-state index contributed by atoms with van der Waals surface area (Å²) >= 11 is 2.22. The SMILES string of the molecule is CO/N=C(\C(=O)N[C@@H]1C(=O)N2C(C(=O)O)=C(C[n+]3ccn4nc(OC)ccc43)CS[C@H]12)c1nsc(N)n1. The molecule has 4 N–H and O–H groups in total. The van der Waals surface area contributed by atoms with E-state index >= 15 is 0 Å². The van der Waals surface area contributed by atoms with Gasteiger partial charge >= 0.3 is 11.6 Å². The number of carbonyl (C=O) groups is 3. The molecular formula is C20H20N9O6S2+. The van der Waals surface area contributed by atoms with Crippen molar-refractivity contribution in [3.63, 3.8) is 0 Å². The highest BCUT2D eigenvalue weighted by Crippen LogP contribution is 2.40. The Balaban J connectivity index is 1.37. The number of carbonyl (C=O) groups excluding carboxylic acids is 2. The summed E-state index contributed by atoms with van der Waals surface area (Å²) < 4.78 is 12.5. The molecule has 0 bridgehead atoms. The number of hydrogen-bond acceptors (Lipinski definition) is 12. The van der Waals surface area contributed by atoms with Gasteiger partial charge in [0, 0.05) is 35.0 Å². The zero-order valence-corrected chi connectivity index (χ0v) is 21.0. The maximum atomic E-state index is 13.0. The molecule has 3 aromatic heterocycles. The highest BCUT2D eigenvalue weighted by atomic mass is 32.2. The molecule has 3 aromatic rings. The smallest absolute Gasteiger partial charge is 0.352 e. The maximum absolute atomic E-state index is 13.0. The van der Waals surface area contributed by atoms with E-state index in [4.69, 9.17) is 15.3 Å². The van der Waals surface area contributed by atoms with Gasteiger partial charge in [0.2, 0.25) is 11.5 Å². The van der Waals surface area contributed by atoms with Crippen molar-refractivity contribution >= 4 is 57.6 Å². The van der Waals surface area contributed by atoms with Crippen LogP contribution in [0.25, 0.3) is 5.65 Å². The van der Waals surface area contributed by atoms with Crippen LogP contribution in [0.3, 0.4) is 0 Å². The van der Waals surface area contributed by atoms with Crippen LogP contribution < -0.4 is 20.4 Å². The lowest BCUT2D eigenvalue weighted by molar-refractivity contribution is -0.662. The first-order valence-corrected chi connectivity index (χ1v) is 12.5. The fraction of sp³-hybridized carbons (Fsp3) is 0.300. The van der Waals surface area contributed by atoms with Crippen molar-refractivity contribution in [2.24, 2.45) is 5.16 Å². The Morgan fingerprint density at radius 1 is 1.38 bits per heavy atom. The van der Waals surface area contributed by atoms with E-state index in [9.17, 15) is 19.5 Å². The van der Waals surface area contributed by atoms with Crippen LogP contribution >= 0.6 is 23.3 Å². The lowest BCUT2D eigenvalue weighted by atomic mass is 10.0. The van der Waals surface area contributed by atoms with Crippen molar-refractivity contribution in [1.82, 2.24) is 29.2 Å². The Kier molecular flexibility index (Phi) is 6.38. The van der Waals surface area contributed by atoms with Gasteiger partial charge in [-0.2, -0.15) is 9.36 Å². The lowest BCUT2D eigenvalue weighted by Gasteiger charge is -2.49. The van der Waals surface area contributed by atoms with Crippen LogP contribution in [0, 0.1) is 0 Å². The third-order valence-electron chi connectivity index (χ3n) is 5.66. The Bertz CT molecular complexity index is 1480. The molecule has 2 aliphatic heterocycles. The molecule has 192 valence electrons. The van der Waals surface area contributed by atoms with E-state index < -0.39 is 29.2 Å². The van der Waals surface area contributed by atoms with Gasteiger partial charge in [-0.25, -0.2) is 9.36 Å². The fourth-order valence-corrected chi connectivity index (χ4v) is 5.81. The summed E-state index contributed by atoms with van der Waals surface area (Å²) in [6, 6.07) is 2.54. The molecule has 17 heteroatoms. The van der Waals surface area contributed by atoms with Crippen molar-refractivity contribution in [3.05, 3.63) is 41.6 Å². The number of fused-ring (bicyclic) bond motifs is 2. The number of thioether (sulfide) groups is 1. The van der Waals surface area contributed by atoms with Crippen LogP contribution in [0.5, 0.6) is 5.88 Å². The van der Waals surface area contributed by atoms with Gasteiger partial charge in [0.25, 0.3) is 17.7 Å². The predicted octanol–water partition coefficient (Wildman–Crippen LogP) is -1.15. The van der Waals surface area contributed by atoms with Crippen LogP contribution in [-0.4, -0.2) is 83.9 Å². The average Bonchev–Trinajstić information content (AvgIpc) is 3.50. The van der Waals surface area contributed by atoms with E-state index in [0.29, 0.717) is 22.9 Å². The molecule has 2 aliphatic rings. The van der Waals surface area contributed by atoms with Gasteiger partial charge in [-0.3, -0.25) is 14.5 Å². The van der Waals surface area contributed by atoms with E-state index in [-0.39, 0.29) is 28.9 Å². The summed E-state index contributed by atoms with van der Waals surface area (Å²) in [5.74, 6) is -1.81. The Morgan fingerprint density at radius 2 is 2.19 bits per heavy atom. The van der Waals surface area contributed by atoms with Crippen LogP contribution in [-0.2, 0) is 25.8 Å². The van der Waals surface area contributed by atoms with Crippen LogP contribution in [0.4, 0.5) is 5.13 Å². The monoisotopic (exact) mass is 546 g/mol. The molecule has 2 atom stereocenters. The highest BCUT2D eigenvalue weighted by molar-refractivity contribution is 8.00. The van der Waals surface area contributed by atoms with Crippen LogP contribution in [0.1, 0.15) is 5.82 Å². The number of methoxy groups -OCH3 is 1. The number of ether oxygens (including phenoxy) is 1. The molecule has 5 heterocycles. The Morgan fingerprint density at radius 3 is 2.86 bits per heavy atom. The summed E-state index contributed by atoms with van der Waals surface area (Å²) in [5.41, 5.74) is 6.50. The fourth-order valence-electron chi connectivity index (χ4n) is 4.04. The molecule has 0 aliphatic carbocycles. The zero-order valence-electron chi connectivity index (χ0n) is 19.4. The third kappa shape index (κ3) is 4.31. The van der Waals surface area contributed by atoms with Crippen molar-refractivity contribution in [2.75, 3.05) is 25.7 Å². The van der Waals surface area contributed by atoms with Gasteiger partial charge in [0.1, 0.15) is 37.0 Å². The average molecular weight is 547 g/mol. The third-order valence-corrected chi connectivity index (χ3v) is 7.54. The van der Waals surface area contributed by atoms with E-state index in [2.05, 4.69) is 24.9 Å². The Hall–Kier alpha value is -4.25. The number of aliphatic carboxylic acids is 1. The molecule has 1 saturated heterocycles. The van der Waals surface area contributed by atoms with Crippen molar-refractivity contribution in [3.8, 4) is 5.88 Å². The number of nitrogen functional groups attached to an aromatic ring is 1. The van der Waals surface area contributed by atoms with Crippen LogP contribution in [0.2, 0.25) is 0 Å². The Labute approximate surface area is 216 Å². The second-order valence-corrected chi connectivity index (χ2v) is 9.69. The van der Waals surface area contributed by atoms with Gasteiger partial charge in [-0.1, -0.05) is 9.67 Å². The first-order chi connectivity index (χ1) is 17.8. The van der Waals surface area contributed by atoms with Gasteiger partial charge in [0.15, 0.2) is 11.3 Å². The number of hydrogen-bond donors (Lipinski definition) is 3. The second-order valence-electron chi connectivity index (χ2n) is 7.80. The number of nitrogens with zero attached hydrogens (tertiary/aromatic N) is 7. The molecule has 37 heavy (non-hydrogen) atoms. The normalized spacial score (nSPS) is 19.5. The summed E-state index contributed by atoms with van der Waals surface area (Å²) in [5, 5.41) is 20.1. The molecule has 0 unspecified atom stereocenters. The minimum absolute atomic E-state index is 0.0425. The number of oxime groups is 1. The van der Waals surface area contributed by atoms with Crippen LogP contribution in [0.15, 0.2) is 41.0 Å². The molecular weight excluding hydrogens is 526 g/mol. The zero-order chi connectivity index (χ0) is 26.3. The number of aromatic nitrogens is 5. The number of carboxylic acid groups (broad SMARTS) is 1. The molecule has 0 spiro atoms. The minimum Gasteiger partial charge on any atom is -0.479 e. The quantitative estimate of drug-likeness (QED) is 0.134. The van der Waals surface area contributed by atoms with E-state index in [0.717, 1.165) is 11.5 Å². The second kappa shape index (κ2) is 9.66. The summed E-state index contributed by atoms with van der Waals surface area (Å²) in [4.78, 5) is 48.0. The lowest BCUT2D eigenvalue weighted by Crippen LogP contribution is -2.71. The predicted molar refractivity (Wildman–Crippen MR) is 129 cm³/mol. The van der Waals surface area contributed by atoms with Gasteiger partial charge < -0.3 is 25.7 Å². The number of imidazole rings is 1. The topological polar surface area (TPSA) is 191 Å². The summed E-state index contributed by atoms with van der Waals surface area (Å²) in [6.07, 6.45) is 3.49. The molecule has 0 aromatic carbocycles. The molecule has 0 radical (unpaired) electrons. The number of nitrogens with two attached hydrogens (primary N) is 1. The molecule has 0 saturated carbocycles. The number of carboxylic acids is 1. The maximum Gasteiger partial charge on any atom is 0.352 e. The highest BCUT2D eigenvalue weighted by Gasteiger charge is 2.54. The van der Waals surface area contributed by atoms with E-state index in [1.807, 2.05) is 4.57 Å². The van der Waals surface area contributed by atoms with Crippen molar-refractivity contribution in [2.45, 2.75) is 18.0 Å².